The van der Waals surface area contributed by atoms with Crippen LogP contribution < -0.4 is 4.90 Å². The summed E-state index contributed by atoms with van der Waals surface area (Å²) in [6.07, 6.45) is -1.62. The Labute approximate surface area is 185 Å². The minimum Gasteiger partial charge on any atom is -0.342 e. The molecule has 3 aromatic rings. The zero-order valence-electron chi connectivity index (χ0n) is 17.2. The third-order valence-corrected chi connectivity index (χ3v) is 5.45. The van der Waals surface area contributed by atoms with Gasteiger partial charge in [-0.2, -0.15) is 18.3 Å². The summed E-state index contributed by atoms with van der Waals surface area (Å²) in [6.45, 7) is 2.02. The largest absolute Gasteiger partial charge is 0.417 e. The van der Waals surface area contributed by atoms with E-state index >= 15 is 0 Å². The summed E-state index contributed by atoms with van der Waals surface area (Å²) in [5.74, 6) is -0.694. The average Bonchev–Trinajstić information content (AvgIpc) is 3.36. The SMILES string of the molecule is CC1CN(c2ccc(C(F)(F)F)c(Cl)c2)C(=O)c2c(-c3c[nH]c(C(=O)N(C)C)n3)cnn21. The number of hydrogen-bond donors (Lipinski definition) is 1. The number of aromatic nitrogens is 4. The van der Waals surface area contributed by atoms with Crippen LogP contribution in [-0.2, 0) is 6.18 Å². The first-order valence-electron chi connectivity index (χ1n) is 9.52. The van der Waals surface area contributed by atoms with Crippen LogP contribution in [0.3, 0.4) is 0 Å². The van der Waals surface area contributed by atoms with Gasteiger partial charge in [-0.25, -0.2) is 4.98 Å². The lowest BCUT2D eigenvalue weighted by molar-refractivity contribution is -0.137. The van der Waals surface area contributed by atoms with Gasteiger partial charge in [-0.3, -0.25) is 14.3 Å². The molecular weight excluding hydrogens is 449 g/mol. The van der Waals surface area contributed by atoms with Crippen molar-refractivity contribution in [3.63, 3.8) is 0 Å². The van der Waals surface area contributed by atoms with Gasteiger partial charge in [0, 0.05) is 32.5 Å². The minimum atomic E-state index is -4.59. The summed E-state index contributed by atoms with van der Waals surface area (Å²) in [5.41, 5.74) is 0.238. The smallest absolute Gasteiger partial charge is 0.342 e. The Kier molecular flexibility index (Phi) is 5.24. The number of aromatic amines is 1. The van der Waals surface area contributed by atoms with E-state index in [4.69, 9.17) is 11.6 Å². The van der Waals surface area contributed by atoms with Crippen molar-refractivity contribution in [2.45, 2.75) is 19.1 Å². The molecular formula is C20H18ClF3N6O2. The summed E-state index contributed by atoms with van der Waals surface area (Å²) in [4.78, 5) is 35.3. The van der Waals surface area contributed by atoms with Crippen molar-refractivity contribution >= 4 is 29.1 Å². The molecule has 0 fully saturated rings. The van der Waals surface area contributed by atoms with Gasteiger partial charge in [0.15, 0.2) is 5.82 Å². The molecule has 12 heteroatoms. The first-order valence-corrected chi connectivity index (χ1v) is 9.90. The van der Waals surface area contributed by atoms with Gasteiger partial charge in [-0.05, 0) is 25.1 Å². The quantitative estimate of drug-likeness (QED) is 0.635. The zero-order chi connectivity index (χ0) is 23.4. The molecule has 168 valence electrons. The Morgan fingerprint density at radius 3 is 2.66 bits per heavy atom. The molecule has 1 N–H and O–H groups in total. The fraction of sp³-hybridized carbons (Fsp3) is 0.300. The van der Waals surface area contributed by atoms with Crippen LogP contribution >= 0.6 is 11.6 Å². The number of anilines is 1. The second-order valence-electron chi connectivity index (χ2n) is 7.61. The van der Waals surface area contributed by atoms with E-state index in [0.717, 1.165) is 12.1 Å². The zero-order valence-corrected chi connectivity index (χ0v) is 18.0. The van der Waals surface area contributed by atoms with E-state index in [0.29, 0.717) is 11.3 Å². The molecule has 8 nitrogen and oxygen atoms in total. The normalized spacial score (nSPS) is 16.3. The number of hydrogen-bond acceptors (Lipinski definition) is 4. The van der Waals surface area contributed by atoms with E-state index in [1.54, 1.807) is 18.8 Å². The number of H-pyrrole nitrogens is 1. The summed E-state index contributed by atoms with van der Waals surface area (Å²) < 4.78 is 40.7. The van der Waals surface area contributed by atoms with E-state index < -0.39 is 22.7 Å². The summed E-state index contributed by atoms with van der Waals surface area (Å²) in [7, 11) is 3.18. The Balaban J connectivity index is 1.73. The fourth-order valence-electron chi connectivity index (χ4n) is 3.55. The number of halogens is 4. The lowest BCUT2D eigenvalue weighted by Crippen LogP contribution is -2.42. The van der Waals surface area contributed by atoms with Gasteiger partial charge in [-0.1, -0.05) is 11.6 Å². The van der Waals surface area contributed by atoms with Crippen LogP contribution in [0, 0.1) is 0 Å². The van der Waals surface area contributed by atoms with Gasteiger partial charge >= 0.3 is 6.18 Å². The van der Waals surface area contributed by atoms with Crippen LogP contribution in [0.25, 0.3) is 11.3 Å². The number of carbonyl (C=O) groups is 2. The molecule has 1 atom stereocenters. The Morgan fingerprint density at radius 1 is 1.31 bits per heavy atom. The number of nitrogens with zero attached hydrogens (tertiary/aromatic N) is 5. The van der Waals surface area contributed by atoms with Crippen LogP contribution in [0.2, 0.25) is 5.02 Å². The van der Waals surface area contributed by atoms with E-state index in [9.17, 15) is 22.8 Å². The average molecular weight is 467 g/mol. The number of carbonyl (C=O) groups excluding carboxylic acids is 2. The number of rotatable bonds is 3. The van der Waals surface area contributed by atoms with Crippen molar-refractivity contribution in [1.82, 2.24) is 24.6 Å². The highest BCUT2D eigenvalue weighted by Crippen LogP contribution is 2.38. The maximum Gasteiger partial charge on any atom is 0.417 e. The molecule has 1 unspecified atom stereocenters. The number of fused-ring (bicyclic) bond motifs is 1. The van der Waals surface area contributed by atoms with Crippen LogP contribution in [0.15, 0.2) is 30.6 Å². The predicted octanol–water partition coefficient (Wildman–Crippen LogP) is 3.87. The van der Waals surface area contributed by atoms with Crippen molar-refractivity contribution < 1.29 is 22.8 Å². The molecule has 0 saturated carbocycles. The number of amides is 2. The first kappa shape index (κ1) is 21.9. The Bertz CT molecular complexity index is 1220. The maximum atomic E-state index is 13.3. The van der Waals surface area contributed by atoms with Crippen molar-refractivity contribution in [3.05, 3.63) is 52.7 Å². The van der Waals surface area contributed by atoms with Crippen LogP contribution in [-0.4, -0.2) is 57.1 Å². The molecule has 0 aliphatic carbocycles. The molecule has 0 spiro atoms. The van der Waals surface area contributed by atoms with Crippen LogP contribution in [0.1, 0.15) is 39.6 Å². The van der Waals surface area contributed by atoms with Crippen LogP contribution in [0.4, 0.5) is 18.9 Å². The van der Waals surface area contributed by atoms with Gasteiger partial charge in [0.05, 0.1) is 34.1 Å². The lowest BCUT2D eigenvalue weighted by atomic mass is 10.1. The van der Waals surface area contributed by atoms with Gasteiger partial charge in [0.25, 0.3) is 11.8 Å². The second kappa shape index (κ2) is 7.66. The van der Waals surface area contributed by atoms with Crippen molar-refractivity contribution in [3.8, 4) is 11.3 Å². The highest BCUT2D eigenvalue weighted by Gasteiger charge is 2.37. The molecule has 2 aromatic heterocycles. The highest BCUT2D eigenvalue weighted by atomic mass is 35.5. The van der Waals surface area contributed by atoms with Crippen molar-refractivity contribution in [1.29, 1.82) is 0 Å². The van der Waals surface area contributed by atoms with E-state index in [-0.39, 0.29) is 35.7 Å². The van der Waals surface area contributed by atoms with Gasteiger partial charge in [0.1, 0.15) is 5.69 Å². The van der Waals surface area contributed by atoms with Gasteiger partial charge in [-0.15, -0.1) is 0 Å². The lowest BCUT2D eigenvalue weighted by Gasteiger charge is -2.32. The summed E-state index contributed by atoms with van der Waals surface area (Å²) in [6, 6.07) is 2.94. The molecule has 4 rings (SSSR count). The molecule has 0 bridgehead atoms. The van der Waals surface area contributed by atoms with Gasteiger partial charge < -0.3 is 14.8 Å². The number of imidazole rings is 1. The van der Waals surface area contributed by atoms with Gasteiger partial charge in [0.2, 0.25) is 0 Å². The first-order chi connectivity index (χ1) is 15.0. The monoisotopic (exact) mass is 466 g/mol. The Morgan fingerprint density at radius 2 is 2.03 bits per heavy atom. The third-order valence-electron chi connectivity index (χ3n) is 5.14. The second-order valence-corrected chi connectivity index (χ2v) is 8.02. The maximum absolute atomic E-state index is 13.3. The number of alkyl halides is 3. The molecule has 3 heterocycles. The molecule has 32 heavy (non-hydrogen) atoms. The van der Waals surface area contributed by atoms with E-state index in [1.165, 1.54) is 28.3 Å². The molecule has 0 saturated heterocycles. The molecule has 1 aromatic carbocycles. The highest BCUT2D eigenvalue weighted by molar-refractivity contribution is 6.31. The standard InChI is InChI=1S/C20H18ClF3N6O2/c1-10-9-29(11-4-5-13(14(21)6-11)20(22,23)24)18(31)16-12(7-26-30(10)16)15-8-25-17(27-15)19(32)28(2)3/h4-8,10H,9H2,1-3H3,(H,25,27). The fourth-order valence-corrected chi connectivity index (χ4v) is 3.84. The predicted molar refractivity (Wildman–Crippen MR) is 111 cm³/mol. The number of benzene rings is 1. The minimum absolute atomic E-state index is 0.104. The molecule has 1 aliphatic heterocycles. The summed E-state index contributed by atoms with van der Waals surface area (Å²) in [5, 5.41) is 3.80. The summed E-state index contributed by atoms with van der Waals surface area (Å²) >= 11 is 5.86. The van der Waals surface area contributed by atoms with Crippen molar-refractivity contribution in [2.75, 3.05) is 25.5 Å². The number of nitrogens with one attached hydrogen (secondary N) is 1. The van der Waals surface area contributed by atoms with E-state index in [1.807, 2.05) is 6.92 Å². The van der Waals surface area contributed by atoms with Crippen LogP contribution in [0.5, 0.6) is 0 Å². The van der Waals surface area contributed by atoms with E-state index in [2.05, 4.69) is 15.1 Å². The van der Waals surface area contributed by atoms with Crippen molar-refractivity contribution in [2.24, 2.45) is 0 Å². The molecule has 1 aliphatic rings. The topological polar surface area (TPSA) is 87.1 Å². The third kappa shape index (κ3) is 3.62. The molecule has 2 amide bonds. The molecule has 0 radical (unpaired) electrons. The Hall–Kier alpha value is -3.34.